The molecular weight excluding hydrogens is 394 g/mol. The van der Waals surface area contributed by atoms with E-state index in [1.54, 1.807) is 0 Å². The maximum absolute atomic E-state index is 13.4. The van der Waals surface area contributed by atoms with Gasteiger partial charge in [0.2, 0.25) is 0 Å². The fourth-order valence-electron chi connectivity index (χ4n) is 4.77. The molecule has 0 fully saturated rings. The molecule has 0 saturated heterocycles. The smallest absolute Gasteiger partial charge is 0.311 e. The standard InChI is InChI=1S/C29H33NO2/c1-21(23-15-9-6-10-16-23)30(20-22-13-7-5-8-14-22)27-25-18-12-11-17-24(25)19-26(27)28(31)32-29(2,3)4/h5-18,21,26-27H,19-20H2,1-4H3/t21-,26-,27-/m1/s1. The Morgan fingerprint density at radius 2 is 1.53 bits per heavy atom. The van der Waals surface area contributed by atoms with Gasteiger partial charge in [0.25, 0.3) is 0 Å². The van der Waals surface area contributed by atoms with E-state index < -0.39 is 5.60 Å². The van der Waals surface area contributed by atoms with Crippen molar-refractivity contribution in [3.8, 4) is 0 Å². The van der Waals surface area contributed by atoms with E-state index in [9.17, 15) is 4.79 Å². The largest absolute Gasteiger partial charge is 0.460 e. The molecule has 0 bridgehead atoms. The van der Waals surface area contributed by atoms with E-state index in [-0.39, 0.29) is 24.0 Å². The lowest BCUT2D eigenvalue weighted by Gasteiger charge is -2.38. The third kappa shape index (κ3) is 4.94. The summed E-state index contributed by atoms with van der Waals surface area (Å²) in [6, 6.07) is 29.7. The molecule has 4 rings (SSSR count). The topological polar surface area (TPSA) is 29.5 Å². The molecule has 166 valence electrons. The van der Waals surface area contributed by atoms with Crippen LogP contribution in [0.5, 0.6) is 0 Å². The van der Waals surface area contributed by atoms with Gasteiger partial charge in [-0.25, -0.2) is 0 Å². The number of hydrogen-bond donors (Lipinski definition) is 0. The molecule has 3 nitrogen and oxygen atoms in total. The highest BCUT2D eigenvalue weighted by Crippen LogP contribution is 2.45. The first kappa shape index (κ1) is 22.3. The molecule has 32 heavy (non-hydrogen) atoms. The van der Waals surface area contributed by atoms with Crippen molar-refractivity contribution in [2.45, 2.75) is 58.3 Å². The van der Waals surface area contributed by atoms with Gasteiger partial charge in [-0.1, -0.05) is 84.9 Å². The molecule has 0 heterocycles. The Morgan fingerprint density at radius 1 is 0.938 bits per heavy atom. The van der Waals surface area contributed by atoms with Crippen LogP contribution < -0.4 is 0 Å². The Morgan fingerprint density at radius 3 is 2.19 bits per heavy atom. The summed E-state index contributed by atoms with van der Waals surface area (Å²) < 4.78 is 5.90. The Labute approximate surface area is 192 Å². The van der Waals surface area contributed by atoms with Crippen LogP contribution in [0, 0.1) is 5.92 Å². The van der Waals surface area contributed by atoms with Crippen LogP contribution in [0.2, 0.25) is 0 Å². The Hall–Kier alpha value is -2.91. The zero-order valence-corrected chi connectivity index (χ0v) is 19.5. The molecule has 0 radical (unpaired) electrons. The van der Waals surface area contributed by atoms with Gasteiger partial charge in [0.15, 0.2) is 0 Å². The number of hydrogen-bond acceptors (Lipinski definition) is 3. The molecule has 0 aliphatic heterocycles. The molecule has 3 aromatic rings. The minimum Gasteiger partial charge on any atom is -0.460 e. The fourth-order valence-corrected chi connectivity index (χ4v) is 4.77. The highest BCUT2D eigenvalue weighted by Gasteiger charge is 2.44. The van der Waals surface area contributed by atoms with Gasteiger partial charge in [-0.15, -0.1) is 0 Å². The molecule has 3 atom stereocenters. The van der Waals surface area contributed by atoms with E-state index in [0.29, 0.717) is 6.42 Å². The Balaban J connectivity index is 1.77. The van der Waals surface area contributed by atoms with Gasteiger partial charge < -0.3 is 4.74 Å². The van der Waals surface area contributed by atoms with Crippen molar-refractivity contribution < 1.29 is 9.53 Å². The first-order valence-electron chi connectivity index (χ1n) is 11.5. The lowest BCUT2D eigenvalue weighted by Crippen LogP contribution is -2.39. The van der Waals surface area contributed by atoms with E-state index in [0.717, 1.165) is 6.54 Å². The molecule has 0 saturated carbocycles. The maximum Gasteiger partial charge on any atom is 0.311 e. The first-order chi connectivity index (χ1) is 15.3. The quantitative estimate of drug-likeness (QED) is 0.420. The zero-order chi connectivity index (χ0) is 22.7. The predicted molar refractivity (Wildman–Crippen MR) is 129 cm³/mol. The summed E-state index contributed by atoms with van der Waals surface area (Å²) in [6.45, 7) is 8.82. The molecule has 0 spiro atoms. The average Bonchev–Trinajstić information content (AvgIpc) is 3.17. The molecule has 0 unspecified atom stereocenters. The van der Waals surface area contributed by atoms with Crippen molar-refractivity contribution in [2.24, 2.45) is 5.92 Å². The number of fused-ring (bicyclic) bond motifs is 1. The van der Waals surface area contributed by atoms with Crippen molar-refractivity contribution in [1.82, 2.24) is 4.90 Å². The Bertz CT molecular complexity index is 1040. The molecule has 1 aliphatic carbocycles. The number of carbonyl (C=O) groups excluding carboxylic acids is 1. The summed E-state index contributed by atoms with van der Waals surface area (Å²) in [5.74, 6) is -0.349. The average molecular weight is 428 g/mol. The Kier molecular flexibility index (Phi) is 6.48. The SMILES string of the molecule is C[C@H](c1ccccc1)N(Cc1ccccc1)[C@@H]1c2ccccc2C[C@H]1C(=O)OC(C)(C)C. The van der Waals surface area contributed by atoms with Gasteiger partial charge in [-0.2, -0.15) is 0 Å². The molecule has 0 amide bonds. The number of carbonyl (C=O) groups is 1. The minimum atomic E-state index is -0.508. The first-order valence-corrected chi connectivity index (χ1v) is 11.5. The van der Waals surface area contributed by atoms with Crippen LogP contribution in [0.15, 0.2) is 84.9 Å². The van der Waals surface area contributed by atoms with Gasteiger partial charge in [0.05, 0.1) is 5.92 Å². The van der Waals surface area contributed by atoms with Gasteiger partial charge in [0, 0.05) is 18.6 Å². The fraction of sp³-hybridized carbons (Fsp3) is 0.345. The molecule has 0 aromatic heterocycles. The van der Waals surface area contributed by atoms with Crippen LogP contribution in [-0.2, 0) is 22.5 Å². The summed E-state index contributed by atoms with van der Waals surface area (Å²) in [4.78, 5) is 15.9. The normalized spacial score (nSPS) is 18.9. The van der Waals surface area contributed by atoms with E-state index in [2.05, 4.69) is 84.6 Å². The third-order valence-corrected chi connectivity index (χ3v) is 6.25. The van der Waals surface area contributed by atoms with Crippen LogP contribution in [0.25, 0.3) is 0 Å². The van der Waals surface area contributed by atoms with Crippen molar-refractivity contribution in [1.29, 1.82) is 0 Å². The number of nitrogens with zero attached hydrogens (tertiary/aromatic N) is 1. The monoisotopic (exact) mass is 427 g/mol. The summed E-state index contributed by atoms with van der Waals surface area (Å²) in [5, 5.41) is 0. The van der Waals surface area contributed by atoms with E-state index in [4.69, 9.17) is 4.74 Å². The van der Waals surface area contributed by atoms with Crippen LogP contribution in [0.1, 0.15) is 62.0 Å². The van der Waals surface area contributed by atoms with E-state index in [1.165, 1.54) is 22.3 Å². The van der Waals surface area contributed by atoms with E-state index in [1.807, 2.05) is 32.9 Å². The van der Waals surface area contributed by atoms with Crippen LogP contribution >= 0.6 is 0 Å². The number of rotatable bonds is 6. The summed E-state index contributed by atoms with van der Waals surface area (Å²) in [7, 11) is 0. The van der Waals surface area contributed by atoms with E-state index >= 15 is 0 Å². The van der Waals surface area contributed by atoms with Crippen molar-refractivity contribution in [2.75, 3.05) is 0 Å². The lowest BCUT2D eigenvalue weighted by atomic mass is 9.94. The zero-order valence-electron chi connectivity index (χ0n) is 19.5. The minimum absolute atomic E-state index is 0.0449. The van der Waals surface area contributed by atoms with Crippen LogP contribution in [-0.4, -0.2) is 16.5 Å². The molecule has 3 aromatic carbocycles. The predicted octanol–water partition coefficient (Wildman–Crippen LogP) is 6.51. The molecular formula is C29H33NO2. The second kappa shape index (κ2) is 9.30. The van der Waals surface area contributed by atoms with Gasteiger partial charge >= 0.3 is 5.97 Å². The summed E-state index contributed by atoms with van der Waals surface area (Å²) in [5.41, 5.74) is 4.46. The van der Waals surface area contributed by atoms with Crippen LogP contribution in [0.4, 0.5) is 0 Å². The van der Waals surface area contributed by atoms with Crippen LogP contribution in [0.3, 0.4) is 0 Å². The van der Waals surface area contributed by atoms with Gasteiger partial charge in [-0.3, -0.25) is 9.69 Å². The third-order valence-electron chi connectivity index (χ3n) is 6.25. The lowest BCUT2D eigenvalue weighted by molar-refractivity contribution is -0.162. The summed E-state index contributed by atoms with van der Waals surface area (Å²) >= 11 is 0. The number of ether oxygens (including phenoxy) is 1. The number of benzene rings is 3. The molecule has 1 aliphatic rings. The second-order valence-corrected chi connectivity index (χ2v) is 9.73. The van der Waals surface area contributed by atoms with Gasteiger partial charge in [-0.05, 0) is 56.4 Å². The van der Waals surface area contributed by atoms with Crippen molar-refractivity contribution >= 4 is 5.97 Å². The highest BCUT2D eigenvalue weighted by molar-refractivity contribution is 5.76. The number of esters is 1. The maximum atomic E-state index is 13.4. The van der Waals surface area contributed by atoms with Crippen molar-refractivity contribution in [3.05, 3.63) is 107 Å². The molecule has 0 N–H and O–H groups in total. The highest BCUT2D eigenvalue weighted by atomic mass is 16.6. The van der Waals surface area contributed by atoms with Gasteiger partial charge in [0.1, 0.15) is 5.60 Å². The summed E-state index contributed by atoms with van der Waals surface area (Å²) in [6.07, 6.45) is 0.711. The second-order valence-electron chi connectivity index (χ2n) is 9.73. The molecule has 3 heteroatoms. The van der Waals surface area contributed by atoms with Crippen molar-refractivity contribution in [3.63, 3.8) is 0 Å².